The molecule has 1 aliphatic carbocycles. The van der Waals surface area contributed by atoms with E-state index < -0.39 is 5.60 Å². The van der Waals surface area contributed by atoms with Crippen LogP contribution in [0.25, 0.3) is 0 Å². The van der Waals surface area contributed by atoms with E-state index in [1.807, 2.05) is 20.8 Å². The summed E-state index contributed by atoms with van der Waals surface area (Å²) in [6.07, 6.45) is 4.21. The predicted octanol–water partition coefficient (Wildman–Crippen LogP) is 2.27. The first-order valence-corrected chi connectivity index (χ1v) is 5.85. The Labute approximate surface area is 96.7 Å². The molecule has 0 bridgehead atoms. The fourth-order valence-corrected chi connectivity index (χ4v) is 1.96. The Hall–Kier alpha value is -1.06. The molecule has 0 aromatic rings. The maximum Gasteiger partial charge on any atom is 0.407 e. The molecule has 2 atom stereocenters. The molecule has 1 saturated carbocycles. The van der Waals surface area contributed by atoms with Gasteiger partial charge in [0.2, 0.25) is 0 Å². The van der Waals surface area contributed by atoms with Gasteiger partial charge in [0.1, 0.15) is 11.9 Å². The molecule has 1 fully saturated rings. The fraction of sp³-hybridized carbons (Fsp3) is 0.833. The third kappa shape index (κ3) is 4.64. The number of carbonyl (C=O) groups is 2. The smallest absolute Gasteiger partial charge is 0.407 e. The van der Waals surface area contributed by atoms with Gasteiger partial charge in [-0.3, -0.25) is 0 Å². The summed E-state index contributed by atoms with van der Waals surface area (Å²) in [4.78, 5) is 22.2. The molecule has 0 aromatic carbocycles. The highest BCUT2D eigenvalue weighted by Gasteiger charge is 2.24. The molecular weight excluding hydrogens is 206 g/mol. The largest absolute Gasteiger partial charge is 0.444 e. The highest BCUT2D eigenvalue weighted by atomic mass is 16.6. The van der Waals surface area contributed by atoms with Crippen molar-refractivity contribution in [3.8, 4) is 0 Å². The van der Waals surface area contributed by atoms with Crippen LogP contribution < -0.4 is 5.32 Å². The van der Waals surface area contributed by atoms with Crippen LogP contribution in [0.5, 0.6) is 0 Å². The lowest BCUT2D eigenvalue weighted by Gasteiger charge is -2.28. The zero-order valence-electron chi connectivity index (χ0n) is 10.3. The molecule has 1 aliphatic rings. The number of nitrogens with one attached hydrogen (secondary N) is 1. The second-order valence-corrected chi connectivity index (χ2v) is 5.41. The average molecular weight is 227 g/mol. The van der Waals surface area contributed by atoms with Crippen molar-refractivity contribution >= 4 is 12.4 Å². The number of hydrogen-bond acceptors (Lipinski definition) is 3. The second kappa shape index (κ2) is 5.32. The van der Waals surface area contributed by atoms with Crippen molar-refractivity contribution in [3.05, 3.63) is 0 Å². The van der Waals surface area contributed by atoms with Crippen molar-refractivity contribution < 1.29 is 14.3 Å². The van der Waals surface area contributed by atoms with E-state index in [1.54, 1.807) is 0 Å². The maximum atomic E-state index is 11.5. The summed E-state index contributed by atoms with van der Waals surface area (Å²) < 4.78 is 5.17. The Bertz CT molecular complexity index is 257. The lowest BCUT2D eigenvalue weighted by atomic mass is 9.87. The minimum absolute atomic E-state index is 0.0822. The van der Waals surface area contributed by atoms with Crippen molar-refractivity contribution in [2.24, 2.45) is 5.92 Å². The number of carbonyl (C=O) groups excluding carboxylic acids is 2. The summed E-state index contributed by atoms with van der Waals surface area (Å²) in [5, 5.41) is 2.82. The molecular formula is C12H21NO3. The van der Waals surface area contributed by atoms with E-state index in [9.17, 15) is 9.59 Å². The minimum Gasteiger partial charge on any atom is -0.444 e. The van der Waals surface area contributed by atoms with Crippen molar-refractivity contribution in [3.63, 3.8) is 0 Å². The Morgan fingerprint density at radius 3 is 2.62 bits per heavy atom. The quantitative estimate of drug-likeness (QED) is 0.736. The van der Waals surface area contributed by atoms with Gasteiger partial charge in [0, 0.05) is 12.0 Å². The number of ether oxygens (including phenoxy) is 1. The van der Waals surface area contributed by atoms with Gasteiger partial charge in [0.05, 0.1) is 0 Å². The van der Waals surface area contributed by atoms with Crippen LogP contribution in [0.1, 0.15) is 46.5 Å². The van der Waals surface area contributed by atoms with Crippen molar-refractivity contribution in [1.29, 1.82) is 0 Å². The van der Waals surface area contributed by atoms with E-state index in [-0.39, 0.29) is 18.1 Å². The third-order valence-corrected chi connectivity index (χ3v) is 2.63. The van der Waals surface area contributed by atoms with Gasteiger partial charge in [0.25, 0.3) is 0 Å². The monoisotopic (exact) mass is 227 g/mol. The number of amides is 1. The summed E-state index contributed by atoms with van der Waals surface area (Å²) in [6, 6.07) is 0.0822. The van der Waals surface area contributed by atoms with E-state index in [4.69, 9.17) is 4.74 Å². The van der Waals surface area contributed by atoms with Crippen LogP contribution in [-0.4, -0.2) is 24.0 Å². The molecule has 4 heteroatoms. The zero-order chi connectivity index (χ0) is 12.2. The lowest BCUT2D eigenvalue weighted by Crippen LogP contribution is -2.41. The van der Waals surface area contributed by atoms with Gasteiger partial charge in [-0.1, -0.05) is 6.42 Å². The third-order valence-electron chi connectivity index (χ3n) is 2.63. The molecule has 16 heavy (non-hydrogen) atoms. The van der Waals surface area contributed by atoms with Crippen LogP contribution >= 0.6 is 0 Å². The Morgan fingerprint density at radius 1 is 1.38 bits per heavy atom. The van der Waals surface area contributed by atoms with Crippen LogP contribution in [0.4, 0.5) is 4.79 Å². The highest BCUT2D eigenvalue weighted by molar-refractivity contribution is 5.68. The van der Waals surface area contributed by atoms with Gasteiger partial charge in [-0.25, -0.2) is 4.79 Å². The molecule has 1 N–H and O–H groups in total. The van der Waals surface area contributed by atoms with E-state index in [0.717, 1.165) is 32.0 Å². The average Bonchev–Trinajstić information content (AvgIpc) is 2.15. The first kappa shape index (κ1) is 13.0. The fourth-order valence-electron chi connectivity index (χ4n) is 1.96. The summed E-state index contributed by atoms with van der Waals surface area (Å²) in [5.74, 6) is 0.0914. The molecule has 92 valence electrons. The Balaban J connectivity index is 2.36. The number of rotatable bonds is 2. The van der Waals surface area contributed by atoms with Gasteiger partial charge in [0.15, 0.2) is 0 Å². The van der Waals surface area contributed by atoms with E-state index in [0.29, 0.717) is 0 Å². The summed E-state index contributed by atoms with van der Waals surface area (Å²) in [6.45, 7) is 5.50. The number of hydrogen-bond donors (Lipinski definition) is 1. The van der Waals surface area contributed by atoms with Crippen LogP contribution in [-0.2, 0) is 9.53 Å². The van der Waals surface area contributed by atoms with Gasteiger partial charge >= 0.3 is 6.09 Å². The molecule has 0 radical (unpaired) electrons. The van der Waals surface area contributed by atoms with Crippen LogP contribution in [0.2, 0.25) is 0 Å². The minimum atomic E-state index is -0.469. The molecule has 0 heterocycles. The molecule has 0 saturated heterocycles. The van der Waals surface area contributed by atoms with Crippen molar-refractivity contribution in [2.45, 2.75) is 58.1 Å². The SMILES string of the molecule is CC(C)(C)OC(=O)N[C@@H]1CCC[C@H](C=O)C1. The number of aldehydes is 1. The van der Waals surface area contributed by atoms with Gasteiger partial charge in [-0.05, 0) is 40.0 Å². The molecule has 1 amide bonds. The standard InChI is InChI=1S/C12H21NO3/c1-12(2,3)16-11(15)13-10-6-4-5-9(7-10)8-14/h8-10H,4-7H2,1-3H3,(H,13,15)/t9-,10+/m0/s1. The molecule has 1 rings (SSSR count). The normalized spacial score (nSPS) is 25.9. The molecule has 0 aromatic heterocycles. The first-order chi connectivity index (χ1) is 7.40. The summed E-state index contributed by atoms with van der Waals surface area (Å²) in [5.41, 5.74) is -0.469. The lowest BCUT2D eigenvalue weighted by molar-refractivity contribution is -0.112. The zero-order valence-corrected chi connectivity index (χ0v) is 10.3. The van der Waals surface area contributed by atoms with Gasteiger partial charge in [-0.15, -0.1) is 0 Å². The van der Waals surface area contributed by atoms with Crippen LogP contribution in [0.3, 0.4) is 0 Å². The second-order valence-electron chi connectivity index (χ2n) is 5.41. The molecule has 0 unspecified atom stereocenters. The molecule has 0 spiro atoms. The Morgan fingerprint density at radius 2 is 2.06 bits per heavy atom. The predicted molar refractivity (Wildman–Crippen MR) is 61.2 cm³/mol. The molecule has 4 nitrogen and oxygen atoms in total. The van der Waals surface area contributed by atoms with Gasteiger partial charge in [-0.2, -0.15) is 0 Å². The highest BCUT2D eigenvalue weighted by Crippen LogP contribution is 2.22. The Kier molecular flexibility index (Phi) is 4.33. The number of alkyl carbamates (subject to hydrolysis) is 1. The van der Waals surface area contributed by atoms with Crippen LogP contribution in [0.15, 0.2) is 0 Å². The maximum absolute atomic E-state index is 11.5. The first-order valence-electron chi connectivity index (χ1n) is 5.85. The van der Waals surface area contributed by atoms with E-state index in [1.165, 1.54) is 0 Å². The van der Waals surface area contributed by atoms with E-state index in [2.05, 4.69) is 5.32 Å². The van der Waals surface area contributed by atoms with Crippen LogP contribution in [0, 0.1) is 5.92 Å². The summed E-state index contributed by atoms with van der Waals surface area (Å²) >= 11 is 0. The van der Waals surface area contributed by atoms with E-state index >= 15 is 0 Å². The van der Waals surface area contributed by atoms with Crippen molar-refractivity contribution in [2.75, 3.05) is 0 Å². The van der Waals surface area contributed by atoms with Gasteiger partial charge < -0.3 is 14.8 Å². The topological polar surface area (TPSA) is 55.4 Å². The summed E-state index contributed by atoms with van der Waals surface area (Å²) in [7, 11) is 0. The van der Waals surface area contributed by atoms with Crippen molar-refractivity contribution in [1.82, 2.24) is 5.32 Å². The molecule has 0 aliphatic heterocycles.